The average molecular weight is 446 g/mol. The van der Waals surface area contributed by atoms with Gasteiger partial charge in [0.25, 0.3) is 11.1 Å². The summed E-state index contributed by atoms with van der Waals surface area (Å²) in [7, 11) is 1.57. The molecular weight excluding hydrogens is 422 g/mol. The number of imide groups is 1. The Hall–Kier alpha value is -3.51. The number of nitrogens with zero attached hydrogens (tertiary/aromatic N) is 1. The molecule has 5 nitrogen and oxygen atoms in total. The van der Waals surface area contributed by atoms with Crippen LogP contribution in [0.4, 0.5) is 10.5 Å². The number of rotatable bonds is 6. The molecule has 0 unspecified atom stereocenters. The Balaban J connectivity index is 1.54. The maximum atomic E-state index is 13.0. The van der Waals surface area contributed by atoms with Gasteiger partial charge in [0.2, 0.25) is 0 Å². The summed E-state index contributed by atoms with van der Waals surface area (Å²) in [6.07, 6.45) is 1.70. The number of methoxy groups -OCH3 is 1. The van der Waals surface area contributed by atoms with Gasteiger partial charge in [0, 0.05) is 0 Å². The summed E-state index contributed by atoms with van der Waals surface area (Å²) in [4.78, 5) is 27.1. The first-order chi connectivity index (χ1) is 15.5. The predicted molar refractivity (Wildman–Crippen MR) is 128 cm³/mol. The minimum absolute atomic E-state index is 0.306. The van der Waals surface area contributed by atoms with Crippen LogP contribution in [0, 0.1) is 13.8 Å². The van der Waals surface area contributed by atoms with Crippen LogP contribution in [-0.2, 0) is 11.4 Å². The Labute approximate surface area is 191 Å². The summed E-state index contributed by atoms with van der Waals surface area (Å²) < 4.78 is 11.4. The number of benzene rings is 3. The molecule has 0 spiro atoms. The Kier molecular flexibility index (Phi) is 6.32. The lowest BCUT2D eigenvalue weighted by atomic mass is 10.1. The molecule has 32 heavy (non-hydrogen) atoms. The van der Waals surface area contributed by atoms with E-state index in [2.05, 4.69) is 0 Å². The highest BCUT2D eigenvalue weighted by Gasteiger charge is 2.36. The first-order valence-corrected chi connectivity index (χ1v) is 11.0. The lowest BCUT2D eigenvalue weighted by Gasteiger charge is -2.14. The van der Waals surface area contributed by atoms with E-state index in [-0.39, 0.29) is 11.1 Å². The van der Waals surface area contributed by atoms with Gasteiger partial charge in [-0.05, 0) is 78.2 Å². The lowest BCUT2D eigenvalue weighted by molar-refractivity contribution is -0.113. The molecule has 2 amide bonds. The zero-order valence-corrected chi connectivity index (χ0v) is 18.9. The van der Waals surface area contributed by atoms with Crippen molar-refractivity contribution in [3.8, 4) is 11.5 Å². The van der Waals surface area contributed by atoms with E-state index >= 15 is 0 Å². The van der Waals surface area contributed by atoms with Crippen molar-refractivity contribution < 1.29 is 19.1 Å². The Morgan fingerprint density at radius 1 is 0.906 bits per heavy atom. The Morgan fingerprint density at radius 3 is 2.41 bits per heavy atom. The number of thioether (sulfide) groups is 1. The maximum absolute atomic E-state index is 13.0. The monoisotopic (exact) mass is 445 g/mol. The number of carbonyl (C=O) groups excluding carboxylic acids is 2. The summed E-state index contributed by atoms with van der Waals surface area (Å²) >= 11 is 0.933. The van der Waals surface area contributed by atoms with E-state index in [0.29, 0.717) is 28.7 Å². The predicted octanol–water partition coefficient (Wildman–Crippen LogP) is 6.13. The van der Waals surface area contributed by atoms with Gasteiger partial charge in [0.15, 0.2) is 11.5 Å². The van der Waals surface area contributed by atoms with Crippen molar-refractivity contribution in [1.82, 2.24) is 0 Å². The van der Waals surface area contributed by atoms with Crippen LogP contribution in [0.1, 0.15) is 22.3 Å². The number of hydrogen-bond donors (Lipinski definition) is 0. The second-order valence-electron chi connectivity index (χ2n) is 7.47. The van der Waals surface area contributed by atoms with Gasteiger partial charge in [-0.2, -0.15) is 0 Å². The molecule has 0 aliphatic carbocycles. The van der Waals surface area contributed by atoms with Crippen molar-refractivity contribution in [2.45, 2.75) is 20.5 Å². The van der Waals surface area contributed by atoms with E-state index in [4.69, 9.17) is 9.47 Å². The lowest BCUT2D eigenvalue weighted by Crippen LogP contribution is -2.27. The molecule has 3 aromatic rings. The third-order valence-corrected chi connectivity index (χ3v) is 6.13. The number of aryl methyl sites for hydroxylation is 2. The summed E-state index contributed by atoms with van der Waals surface area (Å²) in [6, 6.07) is 20.9. The molecule has 1 aliphatic heterocycles. The van der Waals surface area contributed by atoms with Gasteiger partial charge in [-0.1, -0.05) is 42.5 Å². The first-order valence-electron chi connectivity index (χ1n) is 10.2. The van der Waals surface area contributed by atoms with Crippen molar-refractivity contribution >= 4 is 34.7 Å². The van der Waals surface area contributed by atoms with E-state index in [0.717, 1.165) is 34.0 Å². The van der Waals surface area contributed by atoms with Gasteiger partial charge in [-0.15, -0.1) is 0 Å². The molecule has 0 N–H and O–H groups in total. The van der Waals surface area contributed by atoms with Crippen molar-refractivity contribution in [1.29, 1.82) is 0 Å². The molecule has 1 aliphatic rings. The minimum atomic E-state index is -0.327. The van der Waals surface area contributed by atoms with E-state index in [9.17, 15) is 9.59 Å². The van der Waals surface area contributed by atoms with E-state index in [1.54, 1.807) is 31.4 Å². The highest BCUT2D eigenvalue weighted by molar-refractivity contribution is 8.19. The number of ether oxygens (including phenoxy) is 2. The van der Waals surface area contributed by atoms with Crippen molar-refractivity contribution in [3.05, 3.63) is 93.9 Å². The van der Waals surface area contributed by atoms with Crippen molar-refractivity contribution in [2.24, 2.45) is 0 Å². The van der Waals surface area contributed by atoms with Crippen LogP contribution in [0.5, 0.6) is 11.5 Å². The van der Waals surface area contributed by atoms with E-state index in [1.165, 1.54) is 4.90 Å². The van der Waals surface area contributed by atoms with Gasteiger partial charge in [-0.25, -0.2) is 4.90 Å². The molecule has 4 rings (SSSR count). The number of anilines is 1. The zero-order valence-electron chi connectivity index (χ0n) is 18.1. The maximum Gasteiger partial charge on any atom is 0.298 e. The standard InChI is InChI=1S/C26H23NO4S/c1-17-9-11-21(13-18(17)2)27-25(28)24(32-26(27)29)15-20-10-12-22(23(14-20)30-3)31-16-19-7-5-4-6-8-19/h4-15H,16H2,1-3H3. The third-order valence-electron chi connectivity index (χ3n) is 5.27. The fourth-order valence-electron chi connectivity index (χ4n) is 3.33. The molecule has 0 bridgehead atoms. The highest BCUT2D eigenvalue weighted by atomic mass is 32.2. The second kappa shape index (κ2) is 9.32. The largest absolute Gasteiger partial charge is 0.493 e. The molecule has 1 fully saturated rings. The summed E-state index contributed by atoms with van der Waals surface area (Å²) in [5, 5.41) is -0.306. The smallest absolute Gasteiger partial charge is 0.298 e. The fraction of sp³-hybridized carbons (Fsp3) is 0.154. The quantitative estimate of drug-likeness (QED) is 0.427. The van der Waals surface area contributed by atoms with Gasteiger partial charge < -0.3 is 9.47 Å². The van der Waals surface area contributed by atoms with Crippen molar-refractivity contribution in [2.75, 3.05) is 12.0 Å². The van der Waals surface area contributed by atoms with Crippen LogP contribution >= 0.6 is 11.8 Å². The Bertz CT molecular complexity index is 1200. The summed E-state index contributed by atoms with van der Waals surface area (Å²) in [5.74, 6) is 0.839. The molecule has 3 aromatic carbocycles. The zero-order chi connectivity index (χ0) is 22.7. The summed E-state index contributed by atoms with van der Waals surface area (Å²) in [5.41, 5.74) is 4.53. The average Bonchev–Trinajstić information content (AvgIpc) is 3.08. The second-order valence-corrected chi connectivity index (χ2v) is 8.46. The number of hydrogen-bond acceptors (Lipinski definition) is 5. The molecule has 0 aromatic heterocycles. The molecule has 0 radical (unpaired) electrons. The first kappa shape index (κ1) is 21.7. The fourth-order valence-corrected chi connectivity index (χ4v) is 4.18. The Morgan fingerprint density at radius 2 is 1.69 bits per heavy atom. The van der Waals surface area contributed by atoms with Gasteiger partial charge in [0.05, 0.1) is 17.7 Å². The van der Waals surface area contributed by atoms with Gasteiger partial charge in [0.1, 0.15) is 6.61 Å². The van der Waals surface area contributed by atoms with Crippen LogP contribution in [-0.4, -0.2) is 18.3 Å². The molecule has 0 atom stereocenters. The SMILES string of the molecule is COc1cc(C=C2SC(=O)N(c3ccc(C)c(C)c3)C2=O)ccc1OCc1ccccc1. The van der Waals surface area contributed by atoms with Crippen LogP contribution in [0.2, 0.25) is 0 Å². The van der Waals surface area contributed by atoms with Crippen LogP contribution in [0.15, 0.2) is 71.6 Å². The molecule has 0 saturated carbocycles. The van der Waals surface area contributed by atoms with Crippen LogP contribution in [0.25, 0.3) is 6.08 Å². The van der Waals surface area contributed by atoms with Gasteiger partial charge >= 0.3 is 0 Å². The van der Waals surface area contributed by atoms with Gasteiger partial charge in [-0.3, -0.25) is 9.59 Å². The highest BCUT2D eigenvalue weighted by Crippen LogP contribution is 2.37. The number of carbonyl (C=O) groups is 2. The minimum Gasteiger partial charge on any atom is -0.493 e. The van der Waals surface area contributed by atoms with Crippen LogP contribution < -0.4 is 14.4 Å². The third kappa shape index (κ3) is 4.55. The van der Waals surface area contributed by atoms with Crippen molar-refractivity contribution in [3.63, 3.8) is 0 Å². The summed E-state index contributed by atoms with van der Waals surface area (Å²) in [6.45, 7) is 4.38. The number of amides is 2. The molecule has 6 heteroatoms. The molecule has 1 saturated heterocycles. The van der Waals surface area contributed by atoms with E-state index in [1.807, 2.05) is 62.4 Å². The molecule has 162 valence electrons. The molecular formula is C26H23NO4S. The normalized spacial score (nSPS) is 14.8. The van der Waals surface area contributed by atoms with E-state index < -0.39 is 0 Å². The van der Waals surface area contributed by atoms with Crippen LogP contribution in [0.3, 0.4) is 0 Å². The molecule has 1 heterocycles. The topological polar surface area (TPSA) is 55.8 Å².